The summed E-state index contributed by atoms with van der Waals surface area (Å²) in [4.78, 5) is 12.1. The molecule has 2 N–H and O–H groups in total. The summed E-state index contributed by atoms with van der Waals surface area (Å²) in [7, 11) is -2.05. The molecule has 33 heavy (non-hydrogen) atoms. The standard InChI is InChI=1S/C24H30N2O6S/c1-30-23-16-20(9-10-22(23)32-18-21-8-5-14-31-21)17-25-24(27)11-13-26-33(28,29)15-12-19-6-3-2-4-7-19/h2-4,6-7,9-10,12,15-16,21,26H,5,8,11,13-14,17-18H2,1H3,(H,25,27)/b15-12+. The molecule has 178 valence electrons. The Bertz CT molecular complexity index is 1030. The Morgan fingerprint density at radius 2 is 2.00 bits per heavy atom. The summed E-state index contributed by atoms with van der Waals surface area (Å²) >= 11 is 0. The number of hydrogen-bond donors (Lipinski definition) is 2. The van der Waals surface area contributed by atoms with Gasteiger partial charge in [0.2, 0.25) is 15.9 Å². The second kappa shape index (κ2) is 12.4. The number of benzene rings is 2. The highest BCUT2D eigenvalue weighted by molar-refractivity contribution is 7.92. The molecule has 2 aromatic carbocycles. The van der Waals surface area contributed by atoms with Gasteiger partial charge in [-0.3, -0.25) is 4.79 Å². The molecular weight excluding hydrogens is 444 g/mol. The maximum atomic E-state index is 12.1. The minimum absolute atomic E-state index is 0.00658. The molecule has 1 atom stereocenters. The summed E-state index contributed by atoms with van der Waals surface area (Å²) in [6.07, 6.45) is 3.68. The summed E-state index contributed by atoms with van der Waals surface area (Å²) in [6, 6.07) is 14.6. The lowest BCUT2D eigenvalue weighted by Crippen LogP contribution is -2.29. The zero-order valence-electron chi connectivity index (χ0n) is 18.7. The van der Waals surface area contributed by atoms with E-state index in [9.17, 15) is 13.2 Å². The van der Waals surface area contributed by atoms with E-state index >= 15 is 0 Å². The Kier molecular flexibility index (Phi) is 9.29. The van der Waals surface area contributed by atoms with Crippen LogP contribution in [0.4, 0.5) is 0 Å². The first-order valence-corrected chi connectivity index (χ1v) is 12.4. The molecule has 8 nitrogen and oxygen atoms in total. The van der Waals surface area contributed by atoms with Crippen LogP contribution in [0.5, 0.6) is 11.5 Å². The van der Waals surface area contributed by atoms with Crippen molar-refractivity contribution in [2.24, 2.45) is 0 Å². The zero-order chi connectivity index (χ0) is 23.5. The predicted molar refractivity (Wildman–Crippen MR) is 126 cm³/mol. The van der Waals surface area contributed by atoms with Crippen LogP contribution in [0.3, 0.4) is 0 Å². The van der Waals surface area contributed by atoms with E-state index in [1.54, 1.807) is 19.2 Å². The van der Waals surface area contributed by atoms with Gasteiger partial charge in [0.05, 0.1) is 13.2 Å². The van der Waals surface area contributed by atoms with Crippen LogP contribution in [-0.2, 0) is 26.1 Å². The average molecular weight is 475 g/mol. The largest absolute Gasteiger partial charge is 0.493 e. The Morgan fingerprint density at radius 3 is 2.73 bits per heavy atom. The number of rotatable bonds is 12. The number of carbonyl (C=O) groups excluding carboxylic acids is 1. The van der Waals surface area contributed by atoms with E-state index in [-0.39, 0.29) is 25.0 Å². The summed E-state index contributed by atoms with van der Waals surface area (Å²) < 4.78 is 43.3. The minimum atomic E-state index is -3.62. The second-order valence-corrected chi connectivity index (χ2v) is 9.26. The molecule has 0 aliphatic carbocycles. The van der Waals surface area contributed by atoms with Crippen LogP contribution < -0.4 is 19.5 Å². The summed E-state index contributed by atoms with van der Waals surface area (Å²) in [5.74, 6) is 0.946. The molecule has 0 bridgehead atoms. The highest BCUT2D eigenvalue weighted by Gasteiger charge is 2.17. The molecule has 2 aromatic rings. The van der Waals surface area contributed by atoms with Crippen LogP contribution in [0.25, 0.3) is 6.08 Å². The first-order chi connectivity index (χ1) is 15.9. The van der Waals surface area contributed by atoms with Gasteiger partial charge in [0.25, 0.3) is 0 Å². The average Bonchev–Trinajstić information content (AvgIpc) is 3.35. The molecular formula is C24H30N2O6S. The van der Waals surface area contributed by atoms with Gasteiger partial charge in [-0.2, -0.15) is 0 Å². The van der Waals surface area contributed by atoms with Crippen LogP contribution in [0, 0.1) is 0 Å². The van der Waals surface area contributed by atoms with E-state index in [2.05, 4.69) is 10.0 Å². The number of ether oxygens (including phenoxy) is 3. The van der Waals surface area contributed by atoms with Crippen molar-refractivity contribution in [3.8, 4) is 11.5 Å². The maximum Gasteiger partial charge on any atom is 0.233 e. The Labute approximate surface area is 195 Å². The number of carbonyl (C=O) groups is 1. The summed E-state index contributed by atoms with van der Waals surface area (Å²) in [5, 5.41) is 3.87. The summed E-state index contributed by atoms with van der Waals surface area (Å²) in [6.45, 7) is 1.55. The maximum absolute atomic E-state index is 12.1. The second-order valence-electron chi connectivity index (χ2n) is 7.61. The molecule has 1 aliphatic heterocycles. The van der Waals surface area contributed by atoms with Crippen molar-refractivity contribution in [1.82, 2.24) is 10.0 Å². The van der Waals surface area contributed by atoms with E-state index in [1.165, 1.54) is 6.08 Å². The third-order valence-corrected chi connectivity index (χ3v) is 6.16. The van der Waals surface area contributed by atoms with Crippen molar-refractivity contribution in [2.45, 2.75) is 31.9 Å². The first kappa shape index (κ1) is 24.8. The topological polar surface area (TPSA) is 103 Å². The SMILES string of the molecule is COc1cc(CNC(=O)CCNS(=O)(=O)/C=C/c2ccccc2)ccc1OCC1CCCO1. The van der Waals surface area contributed by atoms with Crippen molar-refractivity contribution in [3.05, 3.63) is 65.1 Å². The molecule has 1 amide bonds. The van der Waals surface area contributed by atoms with E-state index in [1.807, 2.05) is 36.4 Å². The highest BCUT2D eigenvalue weighted by atomic mass is 32.2. The first-order valence-electron chi connectivity index (χ1n) is 10.9. The fourth-order valence-electron chi connectivity index (χ4n) is 3.28. The van der Waals surface area contributed by atoms with Gasteiger partial charge in [0.1, 0.15) is 6.61 Å². The molecule has 1 heterocycles. The van der Waals surface area contributed by atoms with Crippen molar-refractivity contribution >= 4 is 22.0 Å². The van der Waals surface area contributed by atoms with Crippen molar-refractivity contribution in [2.75, 3.05) is 26.9 Å². The van der Waals surface area contributed by atoms with Gasteiger partial charge in [-0.15, -0.1) is 0 Å². The molecule has 0 spiro atoms. The number of methoxy groups -OCH3 is 1. The molecule has 1 aliphatic rings. The van der Waals surface area contributed by atoms with Crippen LogP contribution in [0.2, 0.25) is 0 Å². The number of sulfonamides is 1. The van der Waals surface area contributed by atoms with Gasteiger partial charge in [-0.05, 0) is 42.2 Å². The van der Waals surface area contributed by atoms with E-state index in [0.717, 1.165) is 36.0 Å². The highest BCUT2D eigenvalue weighted by Crippen LogP contribution is 2.29. The van der Waals surface area contributed by atoms with Gasteiger partial charge in [-0.1, -0.05) is 36.4 Å². The molecule has 0 aromatic heterocycles. The lowest BCUT2D eigenvalue weighted by atomic mass is 10.2. The zero-order valence-corrected chi connectivity index (χ0v) is 19.5. The number of amides is 1. The Morgan fingerprint density at radius 1 is 1.18 bits per heavy atom. The minimum Gasteiger partial charge on any atom is -0.493 e. The number of nitrogens with one attached hydrogen (secondary N) is 2. The van der Waals surface area contributed by atoms with E-state index < -0.39 is 10.0 Å². The van der Waals surface area contributed by atoms with Crippen molar-refractivity contribution in [1.29, 1.82) is 0 Å². The lowest BCUT2D eigenvalue weighted by Gasteiger charge is -2.15. The molecule has 9 heteroatoms. The van der Waals surface area contributed by atoms with Gasteiger partial charge in [-0.25, -0.2) is 13.1 Å². The monoisotopic (exact) mass is 474 g/mol. The quantitative estimate of drug-likeness (QED) is 0.490. The van der Waals surface area contributed by atoms with E-state index in [0.29, 0.717) is 24.7 Å². The third-order valence-electron chi connectivity index (χ3n) is 5.06. The molecule has 0 saturated carbocycles. The van der Waals surface area contributed by atoms with Gasteiger partial charge in [0, 0.05) is 31.5 Å². The van der Waals surface area contributed by atoms with Crippen LogP contribution in [-0.4, -0.2) is 47.3 Å². The third kappa shape index (κ3) is 8.53. The van der Waals surface area contributed by atoms with Crippen molar-refractivity contribution < 1.29 is 27.4 Å². The molecule has 1 unspecified atom stereocenters. The fraction of sp³-hybridized carbons (Fsp3) is 0.375. The van der Waals surface area contributed by atoms with E-state index in [4.69, 9.17) is 14.2 Å². The smallest absolute Gasteiger partial charge is 0.233 e. The fourth-order valence-corrected chi connectivity index (χ4v) is 4.10. The van der Waals surface area contributed by atoms with Crippen molar-refractivity contribution in [3.63, 3.8) is 0 Å². The predicted octanol–water partition coefficient (Wildman–Crippen LogP) is 2.85. The molecule has 1 saturated heterocycles. The molecule has 1 fully saturated rings. The Hall–Kier alpha value is -2.88. The van der Waals surface area contributed by atoms with Gasteiger partial charge < -0.3 is 19.5 Å². The number of hydrogen-bond acceptors (Lipinski definition) is 6. The van der Waals surface area contributed by atoms with Crippen LogP contribution in [0.1, 0.15) is 30.4 Å². The molecule has 0 radical (unpaired) electrons. The van der Waals surface area contributed by atoms with Crippen LogP contribution >= 0.6 is 0 Å². The summed E-state index contributed by atoms with van der Waals surface area (Å²) in [5.41, 5.74) is 1.62. The van der Waals surface area contributed by atoms with Gasteiger partial charge in [0.15, 0.2) is 11.5 Å². The van der Waals surface area contributed by atoms with Gasteiger partial charge >= 0.3 is 0 Å². The lowest BCUT2D eigenvalue weighted by molar-refractivity contribution is -0.121. The van der Waals surface area contributed by atoms with Crippen LogP contribution in [0.15, 0.2) is 53.9 Å². The molecule has 3 rings (SSSR count). The normalized spacial score (nSPS) is 16.1. The Balaban J connectivity index is 1.41.